The Bertz CT molecular complexity index is 627. The highest BCUT2D eigenvalue weighted by Crippen LogP contribution is 2.69. The summed E-state index contributed by atoms with van der Waals surface area (Å²) in [6.45, 7) is 13.6. The number of allylic oxidation sites excluding steroid dienone is 1. The van der Waals surface area contributed by atoms with Crippen molar-refractivity contribution < 1.29 is 14.6 Å². The smallest absolute Gasteiger partial charge is 0.163 e. The van der Waals surface area contributed by atoms with Crippen LogP contribution in [0.2, 0.25) is 0 Å². The van der Waals surface area contributed by atoms with Crippen LogP contribution in [0.1, 0.15) is 72.6 Å². The number of rotatable bonds is 0. The van der Waals surface area contributed by atoms with Gasteiger partial charge in [0.25, 0.3) is 0 Å². The number of fused-ring (bicyclic) bond motifs is 8. The Morgan fingerprint density at radius 2 is 1.65 bits per heavy atom. The van der Waals surface area contributed by atoms with Crippen LogP contribution in [0.4, 0.5) is 0 Å². The summed E-state index contributed by atoms with van der Waals surface area (Å²) >= 11 is 0. The normalized spacial score (nSPS) is 57.9. The molecule has 9 atom stereocenters. The van der Waals surface area contributed by atoms with Crippen molar-refractivity contribution in [1.29, 1.82) is 0 Å². The van der Waals surface area contributed by atoms with Crippen LogP contribution < -0.4 is 0 Å². The van der Waals surface area contributed by atoms with Crippen LogP contribution in [0.15, 0.2) is 12.2 Å². The van der Waals surface area contributed by atoms with Gasteiger partial charge in [-0.2, -0.15) is 0 Å². The zero-order chi connectivity index (χ0) is 18.5. The van der Waals surface area contributed by atoms with Gasteiger partial charge in [0.2, 0.25) is 0 Å². The van der Waals surface area contributed by atoms with Gasteiger partial charge in [0.05, 0.1) is 18.3 Å². The molecule has 0 aromatic carbocycles. The van der Waals surface area contributed by atoms with E-state index in [1.807, 2.05) is 0 Å². The van der Waals surface area contributed by atoms with E-state index in [9.17, 15) is 5.11 Å². The molecule has 1 aliphatic heterocycles. The van der Waals surface area contributed by atoms with Crippen molar-refractivity contribution in [1.82, 2.24) is 0 Å². The Labute approximate surface area is 158 Å². The fraction of sp³-hybridized carbons (Fsp3) is 0.913. The minimum absolute atomic E-state index is 0.141. The van der Waals surface area contributed by atoms with Crippen LogP contribution in [-0.2, 0) is 9.47 Å². The molecule has 0 aromatic rings. The first-order valence-corrected chi connectivity index (χ1v) is 10.9. The summed E-state index contributed by atoms with van der Waals surface area (Å²) in [6, 6.07) is 0. The first kappa shape index (κ1) is 17.7. The Kier molecular flexibility index (Phi) is 3.65. The molecule has 1 N–H and O–H groups in total. The lowest BCUT2D eigenvalue weighted by Gasteiger charge is -2.62. The van der Waals surface area contributed by atoms with Crippen molar-refractivity contribution in [3.05, 3.63) is 12.2 Å². The highest BCUT2D eigenvalue weighted by Gasteiger charge is 2.67. The third kappa shape index (κ3) is 2.17. The predicted octanol–water partition coefficient (Wildman–Crippen LogP) is 4.69. The van der Waals surface area contributed by atoms with Gasteiger partial charge in [-0.1, -0.05) is 26.0 Å². The van der Waals surface area contributed by atoms with Crippen LogP contribution in [0.3, 0.4) is 0 Å². The summed E-state index contributed by atoms with van der Waals surface area (Å²) in [7, 11) is 0. The van der Waals surface area contributed by atoms with E-state index < -0.39 is 5.79 Å². The van der Waals surface area contributed by atoms with Crippen molar-refractivity contribution >= 4 is 0 Å². The molecule has 0 aromatic heterocycles. The number of hydrogen-bond donors (Lipinski definition) is 1. The maximum atomic E-state index is 10.4. The van der Waals surface area contributed by atoms with E-state index in [1.165, 1.54) is 31.3 Å². The highest BCUT2D eigenvalue weighted by atomic mass is 16.8. The van der Waals surface area contributed by atoms with Crippen molar-refractivity contribution in [2.45, 2.75) is 96.7 Å². The predicted molar refractivity (Wildman–Crippen MR) is 101 cm³/mol. The van der Waals surface area contributed by atoms with Gasteiger partial charge >= 0.3 is 0 Å². The summed E-state index contributed by atoms with van der Waals surface area (Å²) in [6.07, 6.45) is 8.15. The molecule has 26 heavy (non-hydrogen) atoms. The first-order chi connectivity index (χ1) is 12.2. The molecule has 5 aliphatic rings. The van der Waals surface area contributed by atoms with Crippen LogP contribution in [0, 0.1) is 34.5 Å². The maximum absolute atomic E-state index is 10.4. The van der Waals surface area contributed by atoms with E-state index in [0.717, 1.165) is 19.3 Å². The van der Waals surface area contributed by atoms with E-state index in [-0.39, 0.29) is 23.7 Å². The van der Waals surface area contributed by atoms with E-state index in [4.69, 9.17) is 9.47 Å². The van der Waals surface area contributed by atoms with E-state index in [1.54, 1.807) is 0 Å². The number of aliphatic hydroxyl groups excluding tert-OH is 1. The van der Waals surface area contributed by atoms with E-state index in [2.05, 4.69) is 34.3 Å². The van der Waals surface area contributed by atoms with Crippen molar-refractivity contribution in [3.63, 3.8) is 0 Å². The molecule has 2 unspecified atom stereocenters. The van der Waals surface area contributed by atoms with Gasteiger partial charge in [-0.15, -0.1) is 0 Å². The molecule has 3 nitrogen and oxygen atoms in total. The Morgan fingerprint density at radius 1 is 0.923 bits per heavy atom. The van der Waals surface area contributed by atoms with Crippen molar-refractivity contribution in [3.8, 4) is 0 Å². The molecule has 4 saturated carbocycles. The summed E-state index contributed by atoms with van der Waals surface area (Å²) in [4.78, 5) is 0. The summed E-state index contributed by atoms with van der Waals surface area (Å²) < 4.78 is 13.1. The third-order valence-electron chi connectivity index (χ3n) is 9.46. The van der Waals surface area contributed by atoms with Gasteiger partial charge in [-0.25, -0.2) is 0 Å². The molecular weight excluding hydrogens is 324 g/mol. The number of hydrogen-bond acceptors (Lipinski definition) is 3. The SMILES string of the molecule is C=C1CC[C@H]2C3[C@H]4OC(C)(C)O[C@@H]4[C@H]4CC(O)CC[C@]4(C)[C@H]3CC[C@]12C. The molecule has 0 spiro atoms. The molecule has 146 valence electrons. The average Bonchev–Trinajstić information content (AvgIpc) is 3.05. The first-order valence-electron chi connectivity index (χ1n) is 10.9. The summed E-state index contributed by atoms with van der Waals surface area (Å²) in [5.74, 6) is 1.88. The molecule has 5 fully saturated rings. The molecule has 3 heteroatoms. The summed E-state index contributed by atoms with van der Waals surface area (Å²) in [5, 5.41) is 10.4. The van der Waals surface area contributed by atoms with Gasteiger partial charge < -0.3 is 14.6 Å². The van der Waals surface area contributed by atoms with Crippen molar-refractivity contribution in [2.24, 2.45) is 34.5 Å². The van der Waals surface area contributed by atoms with Gasteiger partial charge in [-0.3, -0.25) is 0 Å². The minimum atomic E-state index is -0.503. The zero-order valence-electron chi connectivity index (χ0n) is 17.0. The second kappa shape index (κ2) is 5.36. The van der Waals surface area contributed by atoms with E-state index in [0.29, 0.717) is 29.1 Å². The monoisotopic (exact) mass is 360 g/mol. The molecular formula is C23H36O3. The van der Waals surface area contributed by atoms with Crippen LogP contribution >= 0.6 is 0 Å². The van der Waals surface area contributed by atoms with Gasteiger partial charge in [0.15, 0.2) is 5.79 Å². The zero-order valence-corrected chi connectivity index (χ0v) is 17.0. The van der Waals surface area contributed by atoms with Crippen molar-refractivity contribution in [2.75, 3.05) is 0 Å². The Morgan fingerprint density at radius 3 is 2.42 bits per heavy atom. The third-order valence-corrected chi connectivity index (χ3v) is 9.46. The Hall–Kier alpha value is -0.380. The molecule has 4 aliphatic carbocycles. The highest BCUT2D eigenvalue weighted by molar-refractivity contribution is 5.23. The van der Waals surface area contributed by atoms with E-state index >= 15 is 0 Å². The molecule has 1 heterocycles. The van der Waals surface area contributed by atoms with Gasteiger partial charge in [0.1, 0.15) is 0 Å². The molecule has 0 radical (unpaired) electrons. The second-order valence-corrected chi connectivity index (χ2v) is 11.0. The second-order valence-electron chi connectivity index (χ2n) is 11.0. The lowest BCUT2D eigenvalue weighted by Crippen LogP contribution is -2.63. The lowest BCUT2D eigenvalue weighted by atomic mass is 9.43. The average molecular weight is 361 g/mol. The summed E-state index contributed by atoms with van der Waals surface area (Å²) in [5.41, 5.74) is 2.04. The molecule has 5 rings (SSSR count). The molecule has 0 amide bonds. The number of aliphatic hydroxyl groups is 1. The van der Waals surface area contributed by atoms with Crippen LogP contribution in [0.5, 0.6) is 0 Å². The minimum Gasteiger partial charge on any atom is -0.393 e. The maximum Gasteiger partial charge on any atom is 0.163 e. The van der Waals surface area contributed by atoms with Crippen LogP contribution in [0.25, 0.3) is 0 Å². The molecule has 1 saturated heterocycles. The number of ether oxygens (including phenoxy) is 2. The van der Waals surface area contributed by atoms with Gasteiger partial charge in [-0.05, 0) is 93.3 Å². The largest absolute Gasteiger partial charge is 0.393 e. The lowest BCUT2D eigenvalue weighted by molar-refractivity contribution is -0.182. The fourth-order valence-electron chi connectivity index (χ4n) is 8.07. The fourth-order valence-corrected chi connectivity index (χ4v) is 8.07. The topological polar surface area (TPSA) is 38.7 Å². The Balaban J connectivity index is 1.59. The van der Waals surface area contributed by atoms with Crippen LogP contribution in [-0.4, -0.2) is 29.2 Å². The van der Waals surface area contributed by atoms with Gasteiger partial charge in [0, 0.05) is 0 Å². The quantitative estimate of drug-likeness (QED) is 0.637. The standard InChI is InChI=1S/C23H36O3/c1-13-6-7-15-18-16(9-11-22(13,15)4)23(5)10-8-14(24)12-17(23)19-20(18)26-21(2,3)25-19/h14-20,24H,1,6-12H2,2-5H3/t14?,15-,16-,17+,18?,19+,20+,22+,23+/m0/s1. The molecule has 0 bridgehead atoms.